The lowest BCUT2D eigenvalue weighted by Gasteiger charge is -2.16. The molecule has 2 N–H and O–H groups in total. The molecule has 118 valence electrons. The van der Waals surface area contributed by atoms with Gasteiger partial charge in [-0.2, -0.15) is 0 Å². The number of ether oxygens (including phenoxy) is 1. The van der Waals surface area contributed by atoms with E-state index in [9.17, 15) is 4.79 Å². The summed E-state index contributed by atoms with van der Waals surface area (Å²) in [5, 5.41) is 0. The Labute approximate surface area is 128 Å². The summed E-state index contributed by atoms with van der Waals surface area (Å²) in [4.78, 5) is 11.4. The number of hydrogen-bond acceptors (Lipinski definition) is 2. The first-order chi connectivity index (χ1) is 10.2. The van der Waals surface area contributed by atoms with Crippen LogP contribution in [0.3, 0.4) is 0 Å². The number of amides is 1. The smallest absolute Gasteiger partial charge is 0.258 e. The maximum atomic E-state index is 11.4. The largest absolute Gasteiger partial charge is 0.481 e. The van der Waals surface area contributed by atoms with Crippen molar-refractivity contribution in [3.05, 3.63) is 29.8 Å². The molecule has 0 aliphatic heterocycles. The lowest BCUT2D eigenvalue weighted by atomic mass is 10.1. The second kappa shape index (κ2) is 10.3. The molecule has 0 heterocycles. The molecule has 3 nitrogen and oxygen atoms in total. The van der Waals surface area contributed by atoms with Crippen LogP contribution in [-0.2, 0) is 11.2 Å². The van der Waals surface area contributed by atoms with E-state index in [1.165, 1.54) is 24.8 Å². The van der Waals surface area contributed by atoms with Gasteiger partial charge in [-0.15, -0.1) is 0 Å². The molecule has 1 aromatic carbocycles. The van der Waals surface area contributed by atoms with Crippen molar-refractivity contribution in [1.29, 1.82) is 0 Å². The van der Waals surface area contributed by atoms with Crippen molar-refractivity contribution in [2.24, 2.45) is 5.73 Å². The van der Waals surface area contributed by atoms with Crippen molar-refractivity contribution in [3.8, 4) is 5.75 Å². The lowest BCUT2D eigenvalue weighted by Crippen LogP contribution is -2.33. The van der Waals surface area contributed by atoms with Gasteiger partial charge in [0.1, 0.15) is 5.75 Å². The molecule has 1 atom stereocenters. The van der Waals surface area contributed by atoms with Gasteiger partial charge in [0.15, 0.2) is 6.10 Å². The van der Waals surface area contributed by atoms with E-state index in [0.29, 0.717) is 6.42 Å². The highest BCUT2D eigenvalue weighted by atomic mass is 16.5. The molecule has 3 heteroatoms. The fourth-order valence-electron chi connectivity index (χ4n) is 2.32. The van der Waals surface area contributed by atoms with E-state index in [4.69, 9.17) is 10.5 Å². The van der Waals surface area contributed by atoms with Crippen molar-refractivity contribution in [2.45, 2.75) is 71.3 Å². The van der Waals surface area contributed by atoms with Crippen LogP contribution in [0.25, 0.3) is 0 Å². The third-order valence-corrected chi connectivity index (χ3v) is 3.66. The number of hydrogen-bond donors (Lipinski definition) is 1. The zero-order chi connectivity index (χ0) is 15.5. The predicted molar refractivity (Wildman–Crippen MR) is 87.4 cm³/mol. The minimum Gasteiger partial charge on any atom is -0.481 e. The normalized spacial score (nSPS) is 12.1. The van der Waals surface area contributed by atoms with Gasteiger partial charge in [-0.1, -0.05) is 51.7 Å². The van der Waals surface area contributed by atoms with E-state index in [2.05, 4.69) is 26.0 Å². The van der Waals surface area contributed by atoms with Crippen molar-refractivity contribution < 1.29 is 9.53 Å². The first kappa shape index (κ1) is 17.5. The van der Waals surface area contributed by atoms with Crippen molar-refractivity contribution in [3.63, 3.8) is 0 Å². The lowest BCUT2D eigenvalue weighted by molar-refractivity contribution is -0.125. The van der Waals surface area contributed by atoms with Crippen LogP contribution >= 0.6 is 0 Å². The molecule has 0 radical (unpaired) electrons. The maximum absolute atomic E-state index is 11.4. The molecule has 0 aliphatic carbocycles. The van der Waals surface area contributed by atoms with Crippen LogP contribution in [0.2, 0.25) is 0 Å². The second-order valence-electron chi connectivity index (χ2n) is 5.61. The van der Waals surface area contributed by atoms with Crippen molar-refractivity contribution in [2.75, 3.05) is 0 Å². The summed E-state index contributed by atoms with van der Waals surface area (Å²) in [7, 11) is 0. The summed E-state index contributed by atoms with van der Waals surface area (Å²) in [5.74, 6) is 0.354. The average molecular weight is 291 g/mol. The zero-order valence-corrected chi connectivity index (χ0v) is 13.4. The van der Waals surface area contributed by atoms with E-state index < -0.39 is 6.10 Å². The minimum atomic E-state index is -0.512. The molecule has 0 bridgehead atoms. The first-order valence-electron chi connectivity index (χ1n) is 8.22. The molecule has 0 saturated heterocycles. The van der Waals surface area contributed by atoms with Crippen LogP contribution in [0.4, 0.5) is 0 Å². The predicted octanol–water partition coefficient (Wildman–Crippen LogP) is 4.23. The Morgan fingerprint density at radius 2 is 1.67 bits per heavy atom. The second-order valence-corrected chi connectivity index (χ2v) is 5.61. The first-order valence-corrected chi connectivity index (χ1v) is 8.22. The van der Waals surface area contributed by atoms with Crippen molar-refractivity contribution in [1.82, 2.24) is 0 Å². The highest BCUT2D eigenvalue weighted by molar-refractivity contribution is 5.79. The van der Waals surface area contributed by atoms with Crippen LogP contribution in [0.5, 0.6) is 5.75 Å². The minimum absolute atomic E-state index is 0.377. The van der Waals surface area contributed by atoms with Crippen LogP contribution in [-0.4, -0.2) is 12.0 Å². The Morgan fingerprint density at radius 3 is 2.24 bits per heavy atom. The van der Waals surface area contributed by atoms with E-state index in [1.807, 2.05) is 12.1 Å². The number of carbonyl (C=O) groups excluding carboxylic acids is 1. The number of rotatable bonds is 11. The summed E-state index contributed by atoms with van der Waals surface area (Å²) >= 11 is 0. The highest BCUT2D eigenvalue weighted by Gasteiger charge is 2.16. The van der Waals surface area contributed by atoms with Gasteiger partial charge in [0.25, 0.3) is 5.91 Å². The molecular formula is C18H29NO2. The third-order valence-electron chi connectivity index (χ3n) is 3.66. The Morgan fingerprint density at radius 1 is 1.05 bits per heavy atom. The molecule has 1 amide bonds. The molecule has 1 unspecified atom stereocenters. The van der Waals surface area contributed by atoms with Crippen LogP contribution in [0.1, 0.15) is 64.4 Å². The summed E-state index contributed by atoms with van der Waals surface area (Å²) in [6.45, 7) is 4.34. The van der Waals surface area contributed by atoms with E-state index >= 15 is 0 Å². The summed E-state index contributed by atoms with van der Waals surface area (Å²) in [6, 6.07) is 8.04. The monoisotopic (exact) mass is 291 g/mol. The maximum Gasteiger partial charge on any atom is 0.258 e. The van der Waals surface area contributed by atoms with E-state index in [-0.39, 0.29) is 5.91 Å². The standard InChI is InChI=1S/C18H29NO2/c1-3-5-7-9-15-11-13-16(14-12-15)21-17(18(19)20)10-8-6-4-2/h11-14,17H,3-10H2,1-2H3,(H2,19,20). The average Bonchev–Trinajstić information content (AvgIpc) is 2.48. The Balaban J connectivity index is 2.49. The van der Waals surface area contributed by atoms with Gasteiger partial charge in [0, 0.05) is 0 Å². The van der Waals surface area contributed by atoms with Gasteiger partial charge in [0.2, 0.25) is 0 Å². The van der Waals surface area contributed by atoms with E-state index in [1.54, 1.807) is 0 Å². The van der Waals surface area contributed by atoms with Crippen LogP contribution in [0, 0.1) is 0 Å². The zero-order valence-electron chi connectivity index (χ0n) is 13.4. The van der Waals surface area contributed by atoms with Gasteiger partial charge < -0.3 is 10.5 Å². The van der Waals surface area contributed by atoms with Gasteiger partial charge in [-0.05, 0) is 43.4 Å². The number of nitrogens with two attached hydrogens (primary N) is 1. The number of aryl methyl sites for hydroxylation is 1. The topological polar surface area (TPSA) is 52.3 Å². The molecule has 0 spiro atoms. The summed E-state index contributed by atoms with van der Waals surface area (Å²) in [5.41, 5.74) is 6.73. The van der Waals surface area contributed by atoms with Gasteiger partial charge in [-0.25, -0.2) is 0 Å². The fraction of sp³-hybridized carbons (Fsp3) is 0.611. The fourth-order valence-corrected chi connectivity index (χ4v) is 2.32. The molecule has 0 saturated carbocycles. The number of carbonyl (C=O) groups is 1. The molecular weight excluding hydrogens is 262 g/mol. The third kappa shape index (κ3) is 7.16. The Bertz CT molecular complexity index is 400. The molecule has 0 fully saturated rings. The highest BCUT2D eigenvalue weighted by Crippen LogP contribution is 2.17. The summed E-state index contributed by atoms with van der Waals surface area (Å²) < 4.78 is 5.73. The van der Waals surface area contributed by atoms with Crippen LogP contribution < -0.4 is 10.5 Å². The van der Waals surface area contributed by atoms with Gasteiger partial charge >= 0.3 is 0 Å². The van der Waals surface area contributed by atoms with Crippen molar-refractivity contribution >= 4 is 5.91 Å². The number of unbranched alkanes of at least 4 members (excludes halogenated alkanes) is 4. The number of benzene rings is 1. The summed E-state index contributed by atoms with van der Waals surface area (Å²) in [6.07, 6.45) is 8.20. The quantitative estimate of drug-likeness (QED) is 0.620. The molecule has 1 rings (SSSR count). The number of primary amides is 1. The van der Waals surface area contributed by atoms with Crippen LogP contribution in [0.15, 0.2) is 24.3 Å². The molecule has 21 heavy (non-hydrogen) atoms. The molecule has 1 aromatic rings. The SMILES string of the molecule is CCCCCc1ccc(OC(CCCCC)C(N)=O)cc1. The van der Waals surface area contributed by atoms with Gasteiger partial charge in [0.05, 0.1) is 0 Å². The molecule has 0 aliphatic rings. The Kier molecular flexibility index (Phi) is 8.56. The van der Waals surface area contributed by atoms with E-state index in [0.717, 1.165) is 31.4 Å². The van der Waals surface area contributed by atoms with Gasteiger partial charge in [-0.3, -0.25) is 4.79 Å². The Hall–Kier alpha value is -1.51. The molecule has 0 aromatic heterocycles.